The molecule has 0 aliphatic carbocycles. The van der Waals surface area contributed by atoms with Crippen molar-refractivity contribution in [3.05, 3.63) is 71.8 Å². The summed E-state index contributed by atoms with van der Waals surface area (Å²) in [6.45, 7) is 4.99. The van der Waals surface area contributed by atoms with Gasteiger partial charge in [0.05, 0.1) is 13.2 Å². The normalized spacial score (nSPS) is 32.1. The van der Waals surface area contributed by atoms with Gasteiger partial charge in [0.25, 0.3) is 0 Å². The lowest BCUT2D eigenvalue weighted by atomic mass is 9.98. The lowest BCUT2D eigenvalue weighted by molar-refractivity contribution is -0.325. The molecule has 2 aliphatic heterocycles. The molecule has 156 valence electrons. The van der Waals surface area contributed by atoms with Gasteiger partial charge in [0.1, 0.15) is 29.9 Å². The minimum absolute atomic E-state index is 0.282. The summed E-state index contributed by atoms with van der Waals surface area (Å²) < 4.78 is 24.6. The van der Waals surface area contributed by atoms with Crippen molar-refractivity contribution in [1.82, 2.24) is 0 Å². The van der Waals surface area contributed by atoms with Crippen LogP contribution in [0, 0.1) is 0 Å². The van der Waals surface area contributed by atoms with Gasteiger partial charge in [0.15, 0.2) is 6.29 Å². The molecule has 0 radical (unpaired) electrons. The summed E-state index contributed by atoms with van der Waals surface area (Å²) >= 11 is 1.60. The Morgan fingerprint density at radius 1 is 1.03 bits per heavy atom. The van der Waals surface area contributed by atoms with E-state index in [2.05, 4.69) is 13.8 Å². The molecule has 2 aliphatic rings. The second-order valence-corrected chi connectivity index (χ2v) is 9.34. The SMILES string of the molecule is CC(C)S[C@@H]1O[C@@H]2COC(c3ccccc3)O[C@@H]2[C@H](OCc2ccccc2)[C@H]1O. The molecular formula is C23H28O5S. The molecule has 0 aromatic heterocycles. The molecule has 6 atom stereocenters. The summed E-state index contributed by atoms with van der Waals surface area (Å²) in [5.41, 5.74) is 1.63. The van der Waals surface area contributed by atoms with Crippen molar-refractivity contribution in [2.24, 2.45) is 0 Å². The van der Waals surface area contributed by atoms with Crippen molar-refractivity contribution >= 4 is 11.8 Å². The van der Waals surface area contributed by atoms with Gasteiger partial charge < -0.3 is 24.1 Å². The summed E-state index contributed by atoms with van der Waals surface area (Å²) in [7, 11) is 0. The van der Waals surface area contributed by atoms with Gasteiger partial charge in [0, 0.05) is 10.8 Å². The van der Waals surface area contributed by atoms with Gasteiger partial charge in [0.2, 0.25) is 0 Å². The van der Waals surface area contributed by atoms with Gasteiger partial charge in [-0.1, -0.05) is 74.5 Å². The first kappa shape index (κ1) is 20.8. The summed E-state index contributed by atoms with van der Waals surface area (Å²) in [6, 6.07) is 19.8. The van der Waals surface area contributed by atoms with E-state index in [1.165, 1.54) is 0 Å². The van der Waals surface area contributed by atoms with Crippen LogP contribution >= 0.6 is 11.8 Å². The van der Waals surface area contributed by atoms with Crippen molar-refractivity contribution in [3.8, 4) is 0 Å². The van der Waals surface area contributed by atoms with Crippen LogP contribution in [0.1, 0.15) is 31.3 Å². The van der Waals surface area contributed by atoms with Crippen LogP contribution in [0.5, 0.6) is 0 Å². The van der Waals surface area contributed by atoms with Gasteiger partial charge in [-0.05, 0) is 5.56 Å². The van der Waals surface area contributed by atoms with E-state index < -0.39 is 24.6 Å². The van der Waals surface area contributed by atoms with Crippen molar-refractivity contribution in [2.45, 2.75) is 61.8 Å². The first-order chi connectivity index (χ1) is 14.1. The van der Waals surface area contributed by atoms with E-state index in [9.17, 15) is 5.11 Å². The monoisotopic (exact) mass is 416 g/mol. The highest BCUT2D eigenvalue weighted by molar-refractivity contribution is 8.00. The number of fused-ring (bicyclic) bond motifs is 1. The molecule has 29 heavy (non-hydrogen) atoms. The maximum absolute atomic E-state index is 11.1. The minimum Gasteiger partial charge on any atom is -0.387 e. The van der Waals surface area contributed by atoms with Crippen LogP contribution < -0.4 is 0 Å². The van der Waals surface area contributed by atoms with E-state index in [4.69, 9.17) is 18.9 Å². The molecule has 4 rings (SSSR count). The van der Waals surface area contributed by atoms with Crippen molar-refractivity contribution < 1.29 is 24.1 Å². The molecule has 6 heteroatoms. The zero-order valence-corrected chi connectivity index (χ0v) is 17.5. The number of benzene rings is 2. The number of aliphatic hydroxyl groups excluding tert-OH is 1. The van der Waals surface area contributed by atoms with Gasteiger partial charge >= 0.3 is 0 Å². The molecule has 1 unspecified atom stereocenters. The second kappa shape index (κ2) is 9.60. The Labute approximate surface area is 176 Å². The molecule has 5 nitrogen and oxygen atoms in total. The van der Waals surface area contributed by atoms with E-state index in [1.807, 2.05) is 60.7 Å². The molecule has 0 amide bonds. The summed E-state index contributed by atoms with van der Waals surface area (Å²) in [4.78, 5) is 0. The van der Waals surface area contributed by atoms with Crippen LogP contribution in [0.2, 0.25) is 0 Å². The molecule has 2 aromatic carbocycles. The molecule has 2 saturated heterocycles. The Hall–Kier alpha value is -1.41. The highest BCUT2D eigenvalue weighted by Crippen LogP contribution is 2.39. The third kappa shape index (κ3) is 5.02. The molecule has 2 fully saturated rings. The fraction of sp³-hybridized carbons (Fsp3) is 0.478. The molecule has 0 saturated carbocycles. The number of ether oxygens (including phenoxy) is 4. The lowest BCUT2D eigenvalue weighted by Crippen LogP contribution is -2.61. The van der Waals surface area contributed by atoms with Crippen LogP contribution in [0.4, 0.5) is 0 Å². The standard InChI is InChI=1S/C23H28O5S/c1-15(2)29-23-19(24)21(25-13-16-9-5-3-6-10-16)20-18(27-23)14-26-22(28-20)17-11-7-4-8-12-17/h3-12,15,18-24H,13-14H2,1-2H3/t18-,19-,20+,21-,22?,23+/m1/s1. The van der Waals surface area contributed by atoms with Gasteiger partial charge in [-0.3, -0.25) is 0 Å². The number of hydrogen-bond donors (Lipinski definition) is 1. The Morgan fingerprint density at radius 3 is 2.41 bits per heavy atom. The van der Waals surface area contributed by atoms with E-state index in [0.29, 0.717) is 18.5 Å². The van der Waals surface area contributed by atoms with Crippen molar-refractivity contribution in [2.75, 3.05) is 6.61 Å². The van der Waals surface area contributed by atoms with Crippen LogP contribution in [-0.2, 0) is 25.6 Å². The first-order valence-electron chi connectivity index (χ1n) is 10.1. The van der Waals surface area contributed by atoms with Crippen LogP contribution in [0.25, 0.3) is 0 Å². The third-order valence-electron chi connectivity index (χ3n) is 5.07. The van der Waals surface area contributed by atoms with E-state index in [0.717, 1.165) is 11.1 Å². The maximum atomic E-state index is 11.1. The Balaban J connectivity index is 1.52. The lowest BCUT2D eigenvalue weighted by Gasteiger charge is -2.48. The van der Waals surface area contributed by atoms with Gasteiger partial charge in [-0.2, -0.15) is 0 Å². The molecular weight excluding hydrogens is 388 g/mol. The molecule has 0 bridgehead atoms. The molecule has 2 aromatic rings. The van der Waals surface area contributed by atoms with E-state index in [1.54, 1.807) is 11.8 Å². The van der Waals surface area contributed by atoms with E-state index in [-0.39, 0.29) is 11.5 Å². The summed E-state index contributed by atoms with van der Waals surface area (Å²) in [6.07, 6.45) is -2.47. The highest BCUT2D eigenvalue weighted by Gasteiger charge is 2.50. The molecule has 1 N–H and O–H groups in total. The predicted octanol–water partition coefficient (Wildman–Crippen LogP) is 3.91. The van der Waals surface area contributed by atoms with Crippen molar-refractivity contribution in [3.63, 3.8) is 0 Å². The minimum atomic E-state index is -0.790. The predicted molar refractivity (Wildman–Crippen MR) is 112 cm³/mol. The maximum Gasteiger partial charge on any atom is 0.184 e. The zero-order valence-electron chi connectivity index (χ0n) is 16.7. The Kier molecular flexibility index (Phi) is 6.90. The van der Waals surface area contributed by atoms with Gasteiger partial charge in [-0.25, -0.2) is 0 Å². The average molecular weight is 417 g/mol. The number of aliphatic hydroxyl groups is 1. The number of rotatable bonds is 6. The molecule has 2 heterocycles. The molecule has 0 spiro atoms. The largest absolute Gasteiger partial charge is 0.387 e. The van der Waals surface area contributed by atoms with Gasteiger partial charge in [-0.15, -0.1) is 11.8 Å². The smallest absolute Gasteiger partial charge is 0.184 e. The summed E-state index contributed by atoms with van der Waals surface area (Å²) in [5, 5.41) is 11.4. The summed E-state index contributed by atoms with van der Waals surface area (Å²) in [5.74, 6) is 0. The Bertz CT molecular complexity index is 756. The fourth-order valence-electron chi connectivity index (χ4n) is 3.68. The fourth-order valence-corrected chi connectivity index (χ4v) is 4.74. The highest BCUT2D eigenvalue weighted by atomic mass is 32.2. The number of thioether (sulfide) groups is 1. The quantitative estimate of drug-likeness (QED) is 0.771. The first-order valence-corrected chi connectivity index (χ1v) is 11.0. The zero-order chi connectivity index (χ0) is 20.2. The van der Waals surface area contributed by atoms with E-state index >= 15 is 0 Å². The van der Waals surface area contributed by atoms with Crippen molar-refractivity contribution in [1.29, 1.82) is 0 Å². The van der Waals surface area contributed by atoms with Crippen LogP contribution in [-0.4, -0.2) is 46.8 Å². The third-order valence-corrected chi connectivity index (χ3v) is 6.27. The number of hydrogen-bond acceptors (Lipinski definition) is 6. The average Bonchev–Trinajstić information content (AvgIpc) is 2.74. The van der Waals surface area contributed by atoms with Crippen LogP contribution in [0.3, 0.4) is 0 Å². The van der Waals surface area contributed by atoms with Crippen LogP contribution in [0.15, 0.2) is 60.7 Å². The topological polar surface area (TPSA) is 57.2 Å². The second-order valence-electron chi connectivity index (χ2n) is 7.66. The Morgan fingerprint density at radius 2 is 1.72 bits per heavy atom.